The quantitative estimate of drug-likeness (QED) is 0.578. The summed E-state index contributed by atoms with van der Waals surface area (Å²) in [4.78, 5) is 29.3. The molecule has 176 valence electrons. The molecule has 0 radical (unpaired) electrons. The van der Waals surface area contributed by atoms with Gasteiger partial charge in [0.15, 0.2) is 0 Å². The summed E-state index contributed by atoms with van der Waals surface area (Å²) < 4.78 is 11.5. The summed E-state index contributed by atoms with van der Waals surface area (Å²) in [5, 5.41) is 0. The van der Waals surface area contributed by atoms with Gasteiger partial charge in [0.05, 0.1) is 30.4 Å². The van der Waals surface area contributed by atoms with Crippen LogP contribution in [0.1, 0.15) is 31.0 Å². The second kappa shape index (κ2) is 9.67. The number of amides is 1. The van der Waals surface area contributed by atoms with Crippen LogP contribution in [0.15, 0.2) is 48.9 Å². The number of hydrogen-bond donors (Lipinski definition) is 0. The molecule has 2 aliphatic rings. The maximum atomic E-state index is 11.6. The summed E-state index contributed by atoms with van der Waals surface area (Å²) >= 11 is 0. The Kier molecular flexibility index (Phi) is 6.29. The van der Waals surface area contributed by atoms with Crippen LogP contribution < -0.4 is 14.4 Å². The van der Waals surface area contributed by atoms with Crippen LogP contribution in [0.2, 0.25) is 0 Å². The van der Waals surface area contributed by atoms with E-state index < -0.39 is 0 Å². The Morgan fingerprint density at radius 3 is 2.65 bits per heavy atom. The van der Waals surface area contributed by atoms with E-state index in [0.717, 1.165) is 72.8 Å². The van der Waals surface area contributed by atoms with Crippen LogP contribution in [0.5, 0.6) is 11.6 Å². The van der Waals surface area contributed by atoms with Crippen molar-refractivity contribution >= 4 is 11.6 Å². The van der Waals surface area contributed by atoms with E-state index in [1.807, 2.05) is 35.4 Å². The second-order valence-corrected chi connectivity index (χ2v) is 8.73. The van der Waals surface area contributed by atoms with E-state index in [9.17, 15) is 4.79 Å². The van der Waals surface area contributed by atoms with Crippen LogP contribution in [0, 0.1) is 0 Å². The highest BCUT2D eigenvalue weighted by Gasteiger charge is 2.24. The van der Waals surface area contributed by atoms with Crippen LogP contribution in [0.4, 0.5) is 5.69 Å². The minimum absolute atomic E-state index is 0.114. The van der Waals surface area contributed by atoms with Gasteiger partial charge < -0.3 is 19.3 Å². The molecule has 1 fully saturated rings. The van der Waals surface area contributed by atoms with E-state index in [4.69, 9.17) is 9.47 Å². The number of anilines is 1. The SMILES string of the molecule is COc1ccc(N2CCc3ncnc(-c4cccc(OC5CCN(C(C)=O)CC5)c4)c3C2)cn1. The van der Waals surface area contributed by atoms with E-state index in [1.54, 1.807) is 20.4 Å². The highest BCUT2D eigenvalue weighted by Crippen LogP contribution is 2.32. The molecule has 8 nitrogen and oxygen atoms in total. The predicted molar refractivity (Wildman–Crippen MR) is 129 cm³/mol. The van der Waals surface area contributed by atoms with E-state index in [-0.39, 0.29) is 12.0 Å². The van der Waals surface area contributed by atoms with Gasteiger partial charge in [-0.2, -0.15) is 0 Å². The number of likely N-dealkylation sites (tertiary alicyclic amines) is 1. The van der Waals surface area contributed by atoms with E-state index in [0.29, 0.717) is 12.4 Å². The Hall–Kier alpha value is -3.68. The van der Waals surface area contributed by atoms with Crippen LogP contribution in [0.3, 0.4) is 0 Å². The number of ether oxygens (including phenoxy) is 2. The van der Waals surface area contributed by atoms with Gasteiger partial charge in [0.25, 0.3) is 0 Å². The van der Waals surface area contributed by atoms with Gasteiger partial charge >= 0.3 is 0 Å². The molecule has 34 heavy (non-hydrogen) atoms. The molecular formula is C26H29N5O3. The number of aromatic nitrogens is 3. The molecule has 0 unspecified atom stereocenters. The lowest BCUT2D eigenvalue weighted by atomic mass is 9.99. The number of carbonyl (C=O) groups excluding carboxylic acids is 1. The zero-order valence-corrected chi connectivity index (χ0v) is 19.6. The van der Waals surface area contributed by atoms with Crippen molar-refractivity contribution in [3.8, 4) is 22.9 Å². The molecule has 4 heterocycles. The van der Waals surface area contributed by atoms with Gasteiger partial charge in [-0.15, -0.1) is 0 Å². The molecule has 0 aliphatic carbocycles. The lowest BCUT2D eigenvalue weighted by Gasteiger charge is -2.32. The average Bonchev–Trinajstić information content (AvgIpc) is 2.88. The van der Waals surface area contributed by atoms with Crippen LogP contribution >= 0.6 is 0 Å². The molecule has 0 N–H and O–H groups in total. The fourth-order valence-electron chi connectivity index (χ4n) is 4.69. The summed E-state index contributed by atoms with van der Waals surface area (Å²) in [7, 11) is 1.62. The maximum Gasteiger partial charge on any atom is 0.219 e. The molecule has 2 aliphatic heterocycles. The van der Waals surface area contributed by atoms with E-state index in [2.05, 4.69) is 32.0 Å². The number of fused-ring (bicyclic) bond motifs is 1. The van der Waals surface area contributed by atoms with Crippen molar-refractivity contribution in [1.82, 2.24) is 19.9 Å². The summed E-state index contributed by atoms with van der Waals surface area (Å²) in [5.74, 6) is 1.57. The number of methoxy groups -OCH3 is 1. The Morgan fingerprint density at radius 1 is 1.06 bits per heavy atom. The Bertz CT molecular complexity index is 1160. The lowest BCUT2D eigenvalue weighted by Crippen LogP contribution is -2.40. The number of rotatable bonds is 5. The molecule has 8 heteroatoms. The predicted octanol–water partition coefficient (Wildman–Crippen LogP) is 3.50. The zero-order chi connectivity index (χ0) is 23.5. The van der Waals surface area contributed by atoms with E-state index in [1.165, 1.54) is 0 Å². The van der Waals surface area contributed by atoms with Gasteiger partial charge in [-0.25, -0.2) is 15.0 Å². The third-order valence-corrected chi connectivity index (χ3v) is 6.59. The number of pyridine rings is 1. The first kappa shape index (κ1) is 22.1. The maximum absolute atomic E-state index is 11.6. The van der Waals surface area contributed by atoms with Gasteiger partial charge in [0.2, 0.25) is 11.8 Å². The number of hydrogen-bond acceptors (Lipinski definition) is 7. The van der Waals surface area contributed by atoms with Gasteiger partial charge in [0, 0.05) is 69.6 Å². The fourth-order valence-corrected chi connectivity index (χ4v) is 4.69. The largest absolute Gasteiger partial charge is 0.490 e. The Labute approximate surface area is 199 Å². The van der Waals surface area contributed by atoms with Gasteiger partial charge in [-0.05, 0) is 18.2 Å². The van der Waals surface area contributed by atoms with E-state index >= 15 is 0 Å². The summed E-state index contributed by atoms with van der Waals surface area (Å²) in [5.41, 5.74) is 5.23. The standard InChI is InChI=1S/C26H29N5O3/c1-18(32)30-11-8-21(9-12-30)34-22-5-3-4-19(14-22)26-23-16-31(13-10-24(23)28-17-29-26)20-6-7-25(33-2)27-15-20/h3-7,14-15,17,21H,8-13,16H2,1-2H3. The van der Waals surface area contributed by atoms with Crippen molar-refractivity contribution in [2.24, 2.45) is 0 Å². The summed E-state index contributed by atoms with van der Waals surface area (Å²) in [6.45, 7) is 4.71. The van der Waals surface area contributed by atoms with Crippen molar-refractivity contribution in [1.29, 1.82) is 0 Å². The molecule has 3 aromatic rings. The molecule has 2 aromatic heterocycles. The third-order valence-electron chi connectivity index (χ3n) is 6.59. The fraction of sp³-hybridized carbons (Fsp3) is 0.385. The van der Waals surface area contributed by atoms with Gasteiger partial charge in [0.1, 0.15) is 18.2 Å². The number of nitrogens with zero attached hydrogens (tertiary/aromatic N) is 5. The number of piperidine rings is 1. The summed E-state index contributed by atoms with van der Waals surface area (Å²) in [6.07, 6.45) is 6.16. The Morgan fingerprint density at radius 2 is 1.91 bits per heavy atom. The highest BCUT2D eigenvalue weighted by molar-refractivity contribution is 5.73. The molecule has 1 saturated heterocycles. The first-order valence-corrected chi connectivity index (χ1v) is 11.7. The smallest absolute Gasteiger partial charge is 0.219 e. The second-order valence-electron chi connectivity index (χ2n) is 8.73. The molecule has 0 spiro atoms. The molecule has 5 rings (SSSR count). The van der Waals surface area contributed by atoms with Crippen molar-refractivity contribution < 1.29 is 14.3 Å². The van der Waals surface area contributed by atoms with Gasteiger partial charge in [-0.3, -0.25) is 4.79 Å². The average molecular weight is 460 g/mol. The number of benzene rings is 1. The normalized spacial score (nSPS) is 16.2. The molecule has 1 aromatic carbocycles. The monoisotopic (exact) mass is 459 g/mol. The Balaban J connectivity index is 1.35. The zero-order valence-electron chi connectivity index (χ0n) is 19.6. The van der Waals surface area contributed by atoms with Crippen LogP contribution in [-0.2, 0) is 17.8 Å². The van der Waals surface area contributed by atoms with Crippen molar-refractivity contribution in [2.75, 3.05) is 31.6 Å². The van der Waals surface area contributed by atoms with Crippen LogP contribution in [-0.4, -0.2) is 58.6 Å². The lowest BCUT2D eigenvalue weighted by molar-refractivity contribution is -0.130. The first-order chi connectivity index (χ1) is 16.6. The summed E-state index contributed by atoms with van der Waals surface area (Å²) in [6, 6.07) is 12.1. The first-order valence-electron chi connectivity index (χ1n) is 11.7. The molecule has 0 atom stereocenters. The topological polar surface area (TPSA) is 80.7 Å². The minimum atomic E-state index is 0.114. The highest BCUT2D eigenvalue weighted by atomic mass is 16.5. The van der Waals surface area contributed by atoms with Gasteiger partial charge in [-0.1, -0.05) is 12.1 Å². The number of carbonyl (C=O) groups is 1. The molecular weight excluding hydrogens is 430 g/mol. The van der Waals surface area contributed by atoms with Crippen LogP contribution in [0.25, 0.3) is 11.3 Å². The third kappa shape index (κ3) is 4.66. The molecule has 1 amide bonds. The molecule has 0 saturated carbocycles. The minimum Gasteiger partial charge on any atom is -0.490 e. The van der Waals surface area contributed by atoms with Crippen molar-refractivity contribution in [2.45, 2.75) is 38.8 Å². The van der Waals surface area contributed by atoms with Crippen molar-refractivity contribution in [3.05, 3.63) is 60.2 Å². The van der Waals surface area contributed by atoms with Crippen molar-refractivity contribution in [3.63, 3.8) is 0 Å². The molecule has 0 bridgehead atoms.